The zero-order chi connectivity index (χ0) is 14.4. The minimum Gasteiger partial charge on any atom is -0.493 e. The highest BCUT2D eigenvalue weighted by Gasteiger charge is 2.17. The number of nitriles is 1. The zero-order valence-electron chi connectivity index (χ0n) is 11.6. The van der Waals surface area contributed by atoms with Gasteiger partial charge in [0.1, 0.15) is 5.92 Å². The first kappa shape index (κ1) is 14.8. The van der Waals surface area contributed by atoms with Gasteiger partial charge in [-0.1, -0.05) is 6.92 Å². The van der Waals surface area contributed by atoms with E-state index in [9.17, 15) is 4.79 Å². The Morgan fingerprint density at radius 1 is 1.37 bits per heavy atom. The molecule has 5 heteroatoms. The van der Waals surface area contributed by atoms with Crippen LogP contribution in [0.4, 0.5) is 5.69 Å². The number of nitrogens with zero attached hydrogens (tertiary/aromatic N) is 1. The largest absolute Gasteiger partial charge is 0.493 e. The lowest BCUT2D eigenvalue weighted by Crippen LogP contribution is -2.21. The molecule has 102 valence electrons. The van der Waals surface area contributed by atoms with Gasteiger partial charge in [0.2, 0.25) is 5.91 Å². The van der Waals surface area contributed by atoms with E-state index in [1.165, 1.54) is 7.11 Å². The molecule has 1 amide bonds. The number of aryl methyl sites for hydroxylation is 1. The van der Waals surface area contributed by atoms with E-state index in [2.05, 4.69) is 5.32 Å². The highest BCUT2D eigenvalue weighted by molar-refractivity contribution is 5.95. The molecule has 0 heterocycles. The van der Waals surface area contributed by atoms with Crippen LogP contribution in [0.3, 0.4) is 0 Å². The number of benzene rings is 1. The second-order valence-corrected chi connectivity index (χ2v) is 4.10. The molecule has 0 aliphatic carbocycles. The first-order chi connectivity index (χ1) is 9.07. The number of rotatable bonds is 5. The van der Waals surface area contributed by atoms with E-state index >= 15 is 0 Å². The van der Waals surface area contributed by atoms with E-state index in [1.54, 1.807) is 26.2 Å². The van der Waals surface area contributed by atoms with Crippen LogP contribution in [0.15, 0.2) is 12.1 Å². The summed E-state index contributed by atoms with van der Waals surface area (Å²) in [4.78, 5) is 11.9. The third-order valence-electron chi connectivity index (χ3n) is 2.87. The van der Waals surface area contributed by atoms with Gasteiger partial charge in [-0.15, -0.1) is 0 Å². The molecule has 0 saturated heterocycles. The molecule has 0 aromatic heterocycles. The Morgan fingerprint density at radius 3 is 2.42 bits per heavy atom. The minimum atomic E-state index is -0.646. The van der Waals surface area contributed by atoms with Crippen LogP contribution in [0, 0.1) is 24.2 Å². The predicted molar refractivity (Wildman–Crippen MR) is 72.3 cm³/mol. The van der Waals surface area contributed by atoms with Crippen LogP contribution >= 0.6 is 0 Å². The molecule has 19 heavy (non-hydrogen) atoms. The lowest BCUT2D eigenvalue weighted by Gasteiger charge is -2.14. The summed E-state index contributed by atoms with van der Waals surface area (Å²) < 4.78 is 10.4. The quantitative estimate of drug-likeness (QED) is 0.885. The molecule has 1 unspecified atom stereocenters. The smallest absolute Gasteiger partial charge is 0.241 e. The monoisotopic (exact) mass is 262 g/mol. The van der Waals surface area contributed by atoms with Gasteiger partial charge in [-0.2, -0.15) is 5.26 Å². The number of hydrogen-bond donors (Lipinski definition) is 1. The average Bonchev–Trinajstić information content (AvgIpc) is 2.41. The second kappa shape index (κ2) is 6.64. The van der Waals surface area contributed by atoms with E-state index in [0.29, 0.717) is 23.6 Å². The lowest BCUT2D eigenvalue weighted by atomic mass is 10.1. The summed E-state index contributed by atoms with van der Waals surface area (Å²) in [6.45, 7) is 3.65. The maximum Gasteiger partial charge on any atom is 0.241 e. The Morgan fingerprint density at radius 2 is 1.95 bits per heavy atom. The Labute approximate surface area is 113 Å². The predicted octanol–water partition coefficient (Wildman–Crippen LogP) is 2.50. The fraction of sp³-hybridized carbons (Fsp3) is 0.429. The van der Waals surface area contributed by atoms with Crippen LogP contribution in [-0.2, 0) is 4.79 Å². The molecular formula is C14H18N2O3. The third-order valence-corrected chi connectivity index (χ3v) is 2.87. The zero-order valence-corrected chi connectivity index (χ0v) is 11.6. The standard InChI is InChI=1S/C14H18N2O3/c1-5-10(8-15)14(17)16-11-7-13(19-4)12(18-3)6-9(11)2/h6-7,10H,5H2,1-4H3,(H,16,17). The molecule has 0 aliphatic rings. The fourth-order valence-electron chi connectivity index (χ4n) is 1.67. The summed E-state index contributed by atoms with van der Waals surface area (Å²) in [6.07, 6.45) is 0.481. The topological polar surface area (TPSA) is 71.4 Å². The molecule has 1 aromatic carbocycles. The number of carbonyl (C=O) groups is 1. The molecule has 0 saturated carbocycles. The van der Waals surface area contributed by atoms with Gasteiger partial charge in [-0.3, -0.25) is 4.79 Å². The average molecular weight is 262 g/mol. The summed E-state index contributed by atoms with van der Waals surface area (Å²) in [6, 6.07) is 5.44. The Kier molecular flexibility index (Phi) is 5.19. The van der Waals surface area contributed by atoms with Crippen molar-refractivity contribution in [3.8, 4) is 17.6 Å². The van der Waals surface area contributed by atoms with Crippen LogP contribution in [-0.4, -0.2) is 20.1 Å². The maximum absolute atomic E-state index is 11.9. The van der Waals surface area contributed by atoms with Gasteiger partial charge in [-0.05, 0) is 25.0 Å². The van der Waals surface area contributed by atoms with Crippen molar-refractivity contribution >= 4 is 11.6 Å². The first-order valence-electron chi connectivity index (χ1n) is 6.00. The van der Waals surface area contributed by atoms with E-state index in [1.807, 2.05) is 13.0 Å². The Balaban J connectivity index is 3.02. The molecule has 0 fully saturated rings. The summed E-state index contributed by atoms with van der Waals surface area (Å²) in [5, 5.41) is 11.6. The van der Waals surface area contributed by atoms with Crippen molar-refractivity contribution in [2.45, 2.75) is 20.3 Å². The van der Waals surface area contributed by atoms with E-state index in [0.717, 1.165) is 5.56 Å². The van der Waals surface area contributed by atoms with Gasteiger partial charge in [-0.25, -0.2) is 0 Å². The number of nitrogens with one attached hydrogen (secondary N) is 1. The molecule has 1 rings (SSSR count). The van der Waals surface area contributed by atoms with Crippen molar-refractivity contribution in [3.05, 3.63) is 17.7 Å². The normalized spacial score (nSPS) is 11.3. The lowest BCUT2D eigenvalue weighted by molar-refractivity contribution is -0.118. The van der Waals surface area contributed by atoms with Crippen molar-refractivity contribution in [1.29, 1.82) is 5.26 Å². The maximum atomic E-state index is 11.9. The summed E-state index contributed by atoms with van der Waals surface area (Å²) >= 11 is 0. The molecule has 1 atom stereocenters. The third kappa shape index (κ3) is 3.38. The highest BCUT2D eigenvalue weighted by Crippen LogP contribution is 2.33. The minimum absolute atomic E-state index is 0.305. The molecule has 1 N–H and O–H groups in total. The molecule has 5 nitrogen and oxygen atoms in total. The van der Waals surface area contributed by atoms with Gasteiger partial charge in [0, 0.05) is 11.8 Å². The molecule has 0 spiro atoms. The van der Waals surface area contributed by atoms with Crippen LogP contribution in [0.25, 0.3) is 0 Å². The molecule has 0 aliphatic heterocycles. The van der Waals surface area contributed by atoms with Gasteiger partial charge < -0.3 is 14.8 Å². The summed E-state index contributed by atoms with van der Waals surface area (Å²) in [7, 11) is 3.08. The summed E-state index contributed by atoms with van der Waals surface area (Å²) in [5.41, 5.74) is 1.47. The van der Waals surface area contributed by atoms with E-state index < -0.39 is 5.92 Å². The van der Waals surface area contributed by atoms with Gasteiger partial charge in [0.15, 0.2) is 11.5 Å². The molecule has 0 radical (unpaired) electrons. The molecule has 1 aromatic rings. The van der Waals surface area contributed by atoms with Crippen LogP contribution < -0.4 is 14.8 Å². The van der Waals surface area contributed by atoms with Crippen molar-refractivity contribution in [3.63, 3.8) is 0 Å². The van der Waals surface area contributed by atoms with Crippen molar-refractivity contribution in [1.82, 2.24) is 0 Å². The van der Waals surface area contributed by atoms with Gasteiger partial charge in [0.25, 0.3) is 0 Å². The Hall–Kier alpha value is -2.22. The first-order valence-corrected chi connectivity index (χ1v) is 6.00. The summed E-state index contributed by atoms with van der Waals surface area (Å²) in [5.74, 6) is 0.187. The Bertz CT molecular complexity index is 506. The van der Waals surface area contributed by atoms with Crippen LogP contribution in [0.2, 0.25) is 0 Å². The molecule has 0 bridgehead atoms. The number of methoxy groups -OCH3 is 2. The van der Waals surface area contributed by atoms with Crippen molar-refractivity contribution < 1.29 is 14.3 Å². The SMILES string of the molecule is CCC(C#N)C(=O)Nc1cc(OC)c(OC)cc1C. The fourth-order valence-corrected chi connectivity index (χ4v) is 1.67. The van der Waals surface area contributed by atoms with Crippen molar-refractivity contribution in [2.75, 3.05) is 19.5 Å². The van der Waals surface area contributed by atoms with Gasteiger partial charge >= 0.3 is 0 Å². The second-order valence-electron chi connectivity index (χ2n) is 4.10. The van der Waals surface area contributed by atoms with Crippen LogP contribution in [0.5, 0.6) is 11.5 Å². The number of carbonyl (C=O) groups excluding carboxylic acids is 1. The molecular weight excluding hydrogens is 244 g/mol. The van der Waals surface area contributed by atoms with E-state index in [4.69, 9.17) is 14.7 Å². The van der Waals surface area contributed by atoms with Crippen LogP contribution in [0.1, 0.15) is 18.9 Å². The number of amides is 1. The highest BCUT2D eigenvalue weighted by atomic mass is 16.5. The number of hydrogen-bond acceptors (Lipinski definition) is 4. The van der Waals surface area contributed by atoms with Gasteiger partial charge in [0.05, 0.1) is 20.3 Å². The van der Waals surface area contributed by atoms with Crippen molar-refractivity contribution in [2.24, 2.45) is 5.92 Å². The van der Waals surface area contributed by atoms with E-state index in [-0.39, 0.29) is 5.91 Å². The number of anilines is 1. The number of ether oxygens (including phenoxy) is 2.